The lowest BCUT2D eigenvalue weighted by molar-refractivity contribution is -0.201. The van der Waals surface area contributed by atoms with Gasteiger partial charge in [0.25, 0.3) is 11.8 Å². The number of fused-ring (bicyclic) bond motifs is 5. The molecule has 4 fully saturated rings. The summed E-state index contributed by atoms with van der Waals surface area (Å²) in [6, 6.07) is 2.43. The number of benzene rings is 1. The van der Waals surface area contributed by atoms with Crippen molar-refractivity contribution in [3.8, 4) is 5.75 Å². The second kappa shape index (κ2) is 24.2. The first-order valence-corrected chi connectivity index (χ1v) is 25.8. The highest BCUT2D eigenvalue weighted by atomic mass is 35.5. The number of hydrogen-bond donors (Lipinski definition) is 3. The van der Waals surface area contributed by atoms with Crippen molar-refractivity contribution in [3.63, 3.8) is 0 Å². The van der Waals surface area contributed by atoms with Gasteiger partial charge in [-0.2, -0.15) is 0 Å². The van der Waals surface area contributed by atoms with Crippen molar-refractivity contribution in [3.05, 3.63) is 58.0 Å². The van der Waals surface area contributed by atoms with Gasteiger partial charge in [0.05, 0.1) is 37.7 Å². The normalized spacial score (nSPS) is 30.1. The van der Waals surface area contributed by atoms with Crippen molar-refractivity contribution in [2.75, 3.05) is 45.5 Å². The molecule has 20 nitrogen and oxygen atoms in total. The third-order valence-electron chi connectivity index (χ3n) is 14.5. The molecular formula is C51H68ClN5O15S. The molecule has 0 aromatic heterocycles. The number of methoxy groups -OCH3 is 2. The molecule has 6 amide bonds. The molecule has 1 unspecified atom stereocenters. The van der Waals surface area contributed by atoms with Crippen LogP contribution in [0.15, 0.2) is 47.4 Å². The highest BCUT2D eigenvalue weighted by Crippen LogP contribution is 2.49. The third kappa shape index (κ3) is 13.8. The minimum Gasteiger partial charge on any atom is -0.495 e. The van der Waals surface area contributed by atoms with E-state index in [4.69, 9.17) is 40.1 Å². The van der Waals surface area contributed by atoms with E-state index in [0.717, 1.165) is 11.1 Å². The van der Waals surface area contributed by atoms with Crippen LogP contribution in [0.5, 0.6) is 5.75 Å². The first kappa shape index (κ1) is 56.8. The molecule has 1 saturated carbocycles. The molecule has 400 valence electrons. The summed E-state index contributed by atoms with van der Waals surface area (Å²) in [6.45, 7) is 11.3. The molecule has 1 aromatic rings. The number of aliphatic hydroxyl groups is 1. The maximum atomic E-state index is 14.3. The van der Waals surface area contributed by atoms with Crippen LogP contribution in [-0.4, -0.2) is 145 Å². The minimum absolute atomic E-state index is 0.00204. The van der Waals surface area contributed by atoms with Crippen molar-refractivity contribution < 1.29 is 72.0 Å². The molecule has 5 aliphatic rings. The number of rotatable bonds is 15. The standard InChI is InChI=1S/C51H68ClN5O15S/c1-28-11-10-12-38(68-9)51(66)26-37(69-49(65)54-51)30(3)46-50(5,71-46)39(25-44(62)56(7)35-23-33(21-28)24-36(67-8)45(35)52)70-47(63)31(4)55(6)41(59)19-20-73-29(2)22-40(58)53-27-32-13-15-34(16-14-32)48(64)72-57-42(60)17-18-43(57)61/h10-12,23-24,30-32,34,37-39,46,66H,2,13-22,25-27H2,1,3-9H3,(H,53,58)(H,54,65)/b12-10+,28-11+/t30-,31+,32?,34?,37+,38?,39+,46+,50-,51+/m1/s1. The van der Waals surface area contributed by atoms with Crippen LogP contribution in [0.25, 0.3) is 0 Å². The molecule has 3 N–H and O–H groups in total. The van der Waals surface area contributed by atoms with Gasteiger partial charge in [-0.05, 0) is 81.4 Å². The van der Waals surface area contributed by atoms with Crippen molar-refractivity contribution in [2.45, 2.75) is 140 Å². The van der Waals surface area contributed by atoms with E-state index in [9.17, 15) is 43.5 Å². The number of thioether (sulfide) groups is 1. The third-order valence-corrected chi connectivity index (χ3v) is 15.8. The molecule has 3 saturated heterocycles. The first-order chi connectivity index (χ1) is 34.5. The van der Waals surface area contributed by atoms with Crippen molar-refractivity contribution in [1.29, 1.82) is 0 Å². The van der Waals surface area contributed by atoms with Gasteiger partial charge in [0.1, 0.15) is 40.7 Å². The molecule has 73 heavy (non-hydrogen) atoms. The highest BCUT2D eigenvalue weighted by Gasteiger charge is 2.64. The number of hydrogen-bond acceptors (Lipinski definition) is 16. The fraction of sp³-hybridized carbons (Fsp3) is 0.608. The van der Waals surface area contributed by atoms with Crippen LogP contribution in [0, 0.1) is 17.8 Å². The summed E-state index contributed by atoms with van der Waals surface area (Å²) in [5.41, 5.74) is -1.15. The number of imide groups is 1. The van der Waals surface area contributed by atoms with Crippen LogP contribution in [-0.2, 0) is 63.8 Å². The molecule has 0 radical (unpaired) electrons. The van der Waals surface area contributed by atoms with Crippen molar-refractivity contribution in [2.24, 2.45) is 17.8 Å². The number of alkyl carbamates (subject to hydrolysis) is 1. The molecule has 4 heterocycles. The van der Waals surface area contributed by atoms with E-state index in [-0.39, 0.29) is 67.0 Å². The lowest BCUT2D eigenvalue weighted by atomic mass is 9.82. The molecule has 8 atom stereocenters. The Hall–Kier alpha value is -5.48. The number of carbonyl (C=O) groups excluding carboxylic acids is 8. The van der Waals surface area contributed by atoms with Crippen LogP contribution >= 0.6 is 23.4 Å². The van der Waals surface area contributed by atoms with E-state index < -0.39 is 89.4 Å². The number of nitrogens with one attached hydrogen (secondary N) is 2. The first-order valence-electron chi connectivity index (χ1n) is 24.5. The van der Waals surface area contributed by atoms with E-state index in [2.05, 4.69) is 17.2 Å². The van der Waals surface area contributed by atoms with E-state index in [1.807, 2.05) is 13.0 Å². The van der Waals surface area contributed by atoms with Gasteiger partial charge in [-0.1, -0.05) is 48.9 Å². The Morgan fingerprint density at radius 1 is 1.08 bits per heavy atom. The largest absolute Gasteiger partial charge is 0.495 e. The average Bonchev–Trinajstić information content (AvgIpc) is 3.95. The molecular weight excluding hydrogens is 990 g/mol. The predicted molar refractivity (Wildman–Crippen MR) is 267 cm³/mol. The number of likely N-dealkylation sites (N-methyl/N-ethyl adjacent to an activating group) is 1. The number of ether oxygens (including phenoxy) is 5. The molecule has 1 aromatic carbocycles. The van der Waals surface area contributed by atoms with Gasteiger partial charge < -0.3 is 48.7 Å². The molecule has 0 spiro atoms. The van der Waals surface area contributed by atoms with Gasteiger partial charge in [0, 0.05) is 65.1 Å². The fourth-order valence-electron chi connectivity index (χ4n) is 9.65. The quantitative estimate of drug-likeness (QED) is 0.118. The summed E-state index contributed by atoms with van der Waals surface area (Å²) in [6.07, 6.45) is 2.81. The predicted octanol–water partition coefficient (Wildman–Crippen LogP) is 5.07. The summed E-state index contributed by atoms with van der Waals surface area (Å²) in [7, 11) is 5.90. The summed E-state index contributed by atoms with van der Waals surface area (Å²) in [5, 5.41) is 18.0. The zero-order valence-electron chi connectivity index (χ0n) is 42.7. The Balaban J connectivity index is 1.06. The van der Waals surface area contributed by atoms with Crippen LogP contribution in [0.1, 0.15) is 97.5 Å². The number of halogens is 1. The maximum absolute atomic E-state index is 14.3. The second-order valence-electron chi connectivity index (χ2n) is 19.7. The zero-order valence-corrected chi connectivity index (χ0v) is 44.3. The number of esters is 1. The summed E-state index contributed by atoms with van der Waals surface area (Å²) < 4.78 is 29.4. The molecule has 4 aliphatic heterocycles. The molecule has 22 heteroatoms. The number of amides is 6. The Morgan fingerprint density at radius 2 is 1.77 bits per heavy atom. The van der Waals surface area contributed by atoms with Gasteiger partial charge in [-0.25, -0.2) is 14.4 Å². The number of allylic oxidation sites excluding steroid dienone is 3. The van der Waals surface area contributed by atoms with Crippen LogP contribution in [0.4, 0.5) is 10.5 Å². The fourth-order valence-corrected chi connectivity index (χ4v) is 10.8. The number of carbonyl (C=O) groups is 8. The lowest BCUT2D eigenvalue weighted by Crippen LogP contribution is -2.63. The van der Waals surface area contributed by atoms with Crippen molar-refractivity contribution in [1.82, 2.24) is 20.6 Å². The lowest BCUT2D eigenvalue weighted by Gasteiger charge is -2.42. The number of nitrogens with zero attached hydrogens (tertiary/aromatic N) is 3. The van der Waals surface area contributed by atoms with Gasteiger partial charge in [-0.15, -0.1) is 16.8 Å². The highest BCUT2D eigenvalue weighted by molar-refractivity contribution is 8.03. The SMILES string of the molecule is C=C(CC(=O)NCC1CCC(C(=O)ON2C(=O)CCC2=O)CC1)SCCC(=O)N(C)[C@@H](C)C(=O)O[C@H]1CC(=O)N(C)c2cc(cc(OC)c2Cl)C/C(C)=C/C=C/C(OC)[C@@]2(O)C[C@H](OC(=O)N2)[C@@H](C)[C@@H]2O[C@]12C. The summed E-state index contributed by atoms with van der Waals surface area (Å²) in [5.74, 6) is -3.87. The maximum Gasteiger partial charge on any atom is 0.409 e. The summed E-state index contributed by atoms with van der Waals surface area (Å²) >= 11 is 8.05. The minimum atomic E-state index is -1.88. The molecule has 4 bridgehead atoms. The van der Waals surface area contributed by atoms with Crippen LogP contribution in [0.2, 0.25) is 5.02 Å². The zero-order chi connectivity index (χ0) is 53.5. The molecule has 1 aliphatic carbocycles. The smallest absolute Gasteiger partial charge is 0.409 e. The molecule has 6 rings (SSSR count). The van der Waals surface area contributed by atoms with Gasteiger partial charge in [0.2, 0.25) is 17.7 Å². The average molecular weight is 1060 g/mol. The van der Waals surface area contributed by atoms with E-state index in [1.165, 1.54) is 49.8 Å². The Kier molecular flexibility index (Phi) is 18.9. The number of hydroxylamine groups is 2. The van der Waals surface area contributed by atoms with Crippen molar-refractivity contribution >= 4 is 76.6 Å². The second-order valence-corrected chi connectivity index (χ2v) is 21.4. The van der Waals surface area contributed by atoms with Gasteiger partial charge in [-0.3, -0.25) is 29.3 Å². The van der Waals surface area contributed by atoms with Crippen LogP contribution < -0.4 is 20.3 Å². The number of epoxide rings is 1. The van der Waals surface area contributed by atoms with Gasteiger partial charge in [0.15, 0.2) is 5.72 Å². The van der Waals surface area contributed by atoms with E-state index >= 15 is 0 Å². The van der Waals surface area contributed by atoms with Crippen LogP contribution in [0.3, 0.4) is 0 Å². The monoisotopic (exact) mass is 1060 g/mol. The van der Waals surface area contributed by atoms with Gasteiger partial charge >= 0.3 is 18.0 Å². The number of anilines is 1. The topological polar surface area (TPSA) is 249 Å². The Bertz CT molecular complexity index is 2380. The van der Waals surface area contributed by atoms with E-state index in [0.29, 0.717) is 60.1 Å². The summed E-state index contributed by atoms with van der Waals surface area (Å²) in [4.78, 5) is 112. The Labute approximate surface area is 434 Å². The Morgan fingerprint density at radius 3 is 2.42 bits per heavy atom. The van der Waals surface area contributed by atoms with E-state index in [1.54, 1.807) is 45.2 Å².